The summed E-state index contributed by atoms with van der Waals surface area (Å²) in [6.07, 6.45) is 1.18. The van der Waals surface area contributed by atoms with E-state index in [4.69, 9.17) is 0 Å². The lowest BCUT2D eigenvalue weighted by atomic mass is 10.0. The molecule has 6 heteroatoms. The highest BCUT2D eigenvalue weighted by atomic mass is 16.6. The summed E-state index contributed by atoms with van der Waals surface area (Å²) < 4.78 is 0. The fraction of sp³-hybridized carbons (Fsp3) is 0.312. The monoisotopic (exact) mass is 301 g/mol. The zero-order valence-corrected chi connectivity index (χ0v) is 12.6. The molecule has 0 radical (unpaired) electrons. The minimum Gasteiger partial charge on any atom is -0.391 e. The van der Waals surface area contributed by atoms with Crippen molar-refractivity contribution < 1.29 is 10.0 Å². The molecule has 2 atom stereocenters. The maximum Gasteiger partial charge on any atom is 0.290 e. The molecule has 0 aliphatic rings. The molecule has 1 heterocycles. The van der Waals surface area contributed by atoms with Crippen molar-refractivity contribution in [2.75, 3.05) is 5.32 Å². The summed E-state index contributed by atoms with van der Waals surface area (Å²) in [6.45, 7) is 3.52. The van der Waals surface area contributed by atoms with E-state index in [9.17, 15) is 15.2 Å². The topological polar surface area (TPSA) is 88.3 Å². The average molecular weight is 301 g/mol. The maximum absolute atomic E-state index is 10.8. The van der Waals surface area contributed by atoms with E-state index in [1.807, 2.05) is 37.3 Å². The largest absolute Gasteiger partial charge is 0.391 e. The average Bonchev–Trinajstić information content (AvgIpc) is 2.47. The van der Waals surface area contributed by atoms with Crippen LogP contribution >= 0.6 is 0 Å². The third-order valence-electron chi connectivity index (χ3n) is 3.52. The quantitative estimate of drug-likeness (QED) is 0.632. The van der Waals surface area contributed by atoms with Crippen molar-refractivity contribution in [3.63, 3.8) is 0 Å². The van der Waals surface area contributed by atoms with Crippen LogP contribution in [0.5, 0.6) is 0 Å². The van der Waals surface area contributed by atoms with E-state index in [2.05, 4.69) is 10.3 Å². The van der Waals surface area contributed by atoms with Gasteiger partial charge in [0, 0.05) is 12.0 Å². The standard InChI is InChI=1S/C16H19N3O3/c1-11-8-16(17-10-14(11)19(21)22)18-12(2)15(20)9-13-6-4-3-5-7-13/h3-8,10,12,15,20H,9H2,1-2H3,(H,17,18). The number of anilines is 1. The van der Waals surface area contributed by atoms with Crippen LogP contribution in [0.4, 0.5) is 11.5 Å². The number of hydrogen-bond acceptors (Lipinski definition) is 5. The van der Waals surface area contributed by atoms with Crippen LogP contribution in [0.2, 0.25) is 0 Å². The summed E-state index contributed by atoms with van der Waals surface area (Å²) in [7, 11) is 0. The molecule has 2 aromatic rings. The Labute approximate surface area is 129 Å². The number of benzene rings is 1. The van der Waals surface area contributed by atoms with Crippen molar-refractivity contribution in [3.05, 3.63) is 63.8 Å². The van der Waals surface area contributed by atoms with Crippen LogP contribution in [-0.4, -0.2) is 27.2 Å². The van der Waals surface area contributed by atoms with Gasteiger partial charge in [0.1, 0.15) is 12.0 Å². The number of aliphatic hydroxyl groups is 1. The summed E-state index contributed by atoms with van der Waals surface area (Å²) in [5.74, 6) is 0.516. The van der Waals surface area contributed by atoms with Gasteiger partial charge < -0.3 is 10.4 Å². The lowest BCUT2D eigenvalue weighted by molar-refractivity contribution is -0.385. The highest BCUT2D eigenvalue weighted by Gasteiger charge is 2.17. The molecule has 2 N–H and O–H groups in total. The van der Waals surface area contributed by atoms with Gasteiger partial charge in [-0.3, -0.25) is 10.1 Å². The van der Waals surface area contributed by atoms with E-state index in [1.54, 1.807) is 13.0 Å². The Morgan fingerprint density at radius 2 is 2.05 bits per heavy atom. The number of rotatable bonds is 6. The lowest BCUT2D eigenvalue weighted by Crippen LogP contribution is -2.32. The van der Waals surface area contributed by atoms with Crippen molar-refractivity contribution in [1.29, 1.82) is 0 Å². The van der Waals surface area contributed by atoms with Gasteiger partial charge in [0.15, 0.2) is 0 Å². The van der Waals surface area contributed by atoms with Crippen LogP contribution in [0.1, 0.15) is 18.1 Å². The minimum absolute atomic E-state index is 0.0111. The summed E-state index contributed by atoms with van der Waals surface area (Å²) in [5.41, 5.74) is 1.58. The van der Waals surface area contributed by atoms with Crippen LogP contribution in [0.25, 0.3) is 0 Å². The predicted octanol–water partition coefficient (Wildman–Crippen LogP) is 2.70. The maximum atomic E-state index is 10.8. The normalized spacial score (nSPS) is 13.4. The van der Waals surface area contributed by atoms with Crippen molar-refractivity contribution in [2.45, 2.75) is 32.4 Å². The SMILES string of the molecule is Cc1cc(NC(C)C(O)Cc2ccccc2)ncc1[N+](=O)[O-]. The van der Waals surface area contributed by atoms with Crippen molar-refractivity contribution in [2.24, 2.45) is 0 Å². The molecule has 0 saturated heterocycles. The minimum atomic E-state index is -0.584. The van der Waals surface area contributed by atoms with Crippen LogP contribution in [0, 0.1) is 17.0 Å². The molecular weight excluding hydrogens is 282 g/mol. The summed E-state index contributed by atoms with van der Waals surface area (Å²) in [4.78, 5) is 14.3. The molecule has 1 aromatic carbocycles. The van der Waals surface area contributed by atoms with Crippen molar-refractivity contribution in [3.8, 4) is 0 Å². The van der Waals surface area contributed by atoms with E-state index in [0.29, 0.717) is 17.8 Å². The Balaban J connectivity index is 2.00. The molecule has 0 amide bonds. The van der Waals surface area contributed by atoms with Gasteiger partial charge in [-0.15, -0.1) is 0 Å². The number of nitro groups is 1. The molecule has 6 nitrogen and oxygen atoms in total. The smallest absolute Gasteiger partial charge is 0.290 e. The molecule has 0 aliphatic carbocycles. The molecule has 0 fully saturated rings. The predicted molar refractivity (Wildman–Crippen MR) is 84.9 cm³/mol. The van der Waals surface area contributed by atoms with E-state index >= 15 is 0 Å². The van der Waals surface area contributed by atoms with Gasteiger partial charge in [-0.1, -0.05) is 30.3 Å². The van der Waals surface area contributed by atoms with E-state index < -0.39 is 11.0 Å². The third-order valence-corrected chi connectivity index (χ3v) is 3.52. The van der Waals surface area contributed by atoms with Crippen molar-refractivity contribution in [1.82, 2.24) is 4.98 Å². The fourth-order valence-electron chi connectivity index (χ4n) is 2.18. The molecule has 0 spiro atoms. The number of aromatic nitrogens is 1. The van der Waals surface area contributed by atoms with E-state index in [0.717, 1.165) is 5.56 Å². The number of pyridine rings is 1. The highest BCUT2D eigenvalue weighted by molar-refractivity contribution is 5.47. The fourth-order valence-corrected chi connectivity index (χ4v) is 2.18. The first kappa shape index (κ1) is 15.9. The van der Waals surface area contributed by atoms with Gasteiger partial charge in [0.05, 0.1) is 17.1 Å². The Kier molecular flexibility index (Phi) is 5.06. The molecule has 0 bridgehead atoms. The number of nitrogens with zero attached hydrogens (tertiary/aromatic N) is 2. The van der Waals surface area contributed by atoms with E-state index in [1.165, 1.54) is 6.20 Å². The second-order valence-corrected chi connectivity index (χ2v) is 5.30. The van der Waals surface area contributed by atoms with Gasteiger partial charge in [-0.05, 0) is 25.5 Å². The molecule has 0 saturated carbocycles. The summed E-state index contributed by atoms with van der Waals surface area (Å²) in [5, 5.41) is 24.1. The number of hydrogen-bond donors (Lipinski definition) is 2. The zero-order chi connectivity index (χ0) is 16.1. The van der Waals surface area contributed by atoms with Gasteiger partial charge in [0.25, 0.3) is 5.69 Å². The molecular formula is C16H19N3O3. The first-order chi connectivity index (χ1) is 10.5. The van der Waals surface area contributed by atoms with Gasteiger partial charge in [0.2, 0.25) is 0 Å². The van der Waals surface area contributed by atoms with Gasteiger partial charge >= 0.3 is 0 Å². The first-order valence-electron chi connectivity index (χ1n) is 7.07. The number of nitrogens with one attached hydrogen (secondary N) is 1. The molecule has 2 rings (SSSR count). The Hall–Kier alpha value is -2.47. The van der Waals surface area contributed by atoms with Gasteiger partial charge in [-0.2, -0.15) is 0 Å². The molecule has 116 valence electrons. The van der Waals surface area contributed by atoms with Crippen molar-refractivity contribution >= 4 is 11.5 Å². The van der Waals surface area contributed by atoms with Crippen LogP contribution in [-0.2, 0) is 6.42 Å². The van der Waals surface area contributed by atoms with Gasteiger partial charge in [-0.25, -0.2) is 4.98 Å². The second kappa shape index (κ2) is 7.00. The van der Waals surface area contributed by atoms with Crippen LogP contribution in [0.3, 0.4) is 0 Å². The highest BCUT2D eigenvalue weighted by Crippen LogP contribution is 2.20. The first-order valence-corrected chi connectivity index (χ1v) is 7.07. The van der Waals surface area contributed by atoms with Crippen LogP contribution in [0.15, 0.2) is 42.6 Å². The number of aliphatic hydroxyl groups excluding tert-OH is 1. The lowest BCUT2D eigenvalue weighted by Gasteiger charge is -2.21. The Morgan fingerprint density at radius 3 is 2.64 bits per heavy atom. The van der Waals surface area contributed by atoms with Crippen LogP contribution < -0.4 is 5.32 Å². The second-order valence-electron chi connectivity index (χ2n) is 5.30. The summed E-state index contributed by atoms with van der Waals surface area (Å²) >= 11 is 0. The molecule has 22 heavy (non-hydrogen) atoms. The van der Waals surface area contributed by atoms with E-state index in [-0.39, 0.29) is 11.7 Å². The summed E-state index contributed by atoms with van der Waals surface area (Å²) in [6, 6.07) is 11.1. The molecule has 2 unspecified atom stereocenters. The number of aryl methyl sites for hydroxylation is 1. The molecule has 0 aliphatic heterocycles. The third kappa shape index (κ3) is 4.02. The Bertz CT molecular complexity index is 646. The Morgan fingerprint density at radius 1 is 1.36 bits per heavy atom. The zero-order valence-electron chi connectivity index (χ0n) is 12.6. The molecule has 1 aromatic heterocycles.